The molecule has 1 N–H and O–H groups in total. The molecule has 1 aliphatic heterocycles. The zero-order chi connectivity index (χ0) is 24.0. The smallest absolute Gasteiger partial charge is 0.460 e. The highest BCUT2D eigenvalue weighted by atomic mass is 19.4. The molecule has 0 fully saturated rings. The quantitative estimate of drug-likeness (QED) is 0.666. The molecule has 0 unspecified atom stereocenters. The molecule has 1 aromatic carbocycles. The monoisotopic (exact) mass is 458 g/mol. The minimum Gasteiger partial charge on any atom is -0.497 e. The first kappa shape index (κ1) is 24.9. The van der Waals surface area contributed by atoms with Gasteiger partial charge in [-0.1, -0.05) is 32.9 Å². The normalized spacial score (nSPS) is 20.6. The van der Waals surface area contributed by atoms with Gasteiger partial charge in [-0.05, 0) is 17.7 Å². The minimum absolute atomic E-state index is 0.174. The van der Waals surface area contributed by atoms with Crippen molar-refractivity contribution < 1.29 is 45.4 Å². The Morgan fingerprint density at radius 3 is 2.03 bits per heavy atom. The van der Waals surface area contributed by atoms with E-state index < -0.39 is 53.6 Å². The van der Waals surface area contributed by atoms with Crippen molar-refractivity contribution in [1.82, 2.24) is 5.01 Å². The molecule has 1 aliphatic rings. The van der Waals surface area contributed by atoms with Crippen LogP contribution in [-0.2, 0) is 11.2 Å². The van der Waals surface area contributed by atoms with Crippen LogP contribution in [0.4, 0.5) is 30.7 Å². The second-order valence-corrected chi connectivity index (χ2v) is 8.17. The Morgan fingerprint density at radius 1 is 1.10 bits per heavy atom. The standard InChI is InChI=1S/C19H21F7N2O3/c1-15(2,3)16(30)10-13(17(20,21)18(22,23)19(24,25)26)27-28(16)14(29)9-11-5-7-12(31-4)8-6-11/h5-8,30H,9-10H2,1-4H3/t16-/m1/s1. The van der Waals surface area contributed by atoms with Crippen LogP contribution in [0.1, 0.15) is 32.8 Å². The van der Waals surface area contributed by atoms with Gasteiger partial charge >= 0.3 is 18.0 Å². The average Bonchev–Trinajstić information content (AvgIpc) is 3.01. The summed E-state index contributed by atoms with van der Waals surface area (Å²) in [5.74, 6) is -12.8. The van der Waals surface area contributed by atoms with Crippen LogP contribution in [0.25, 0.3) is 0 Å². The van der Waals surface area contributed by atoms with Crippen LogP contribution in [0.3, 0.4) is 0 Å². The van der Waals surface area contributed by atoms with Crippen molar-refractivity contribution in [2.24, 2.45) is 10.5 Å². The Bertz CT molecular complexity index is 861. The van der Waals surface area contributed by atoms with Crippen LogP contribution in [-0.4, -0.2) is 52.6 Å². The average molecular weight is 458 g/mol. The lowest BCUT2D eigenvalue weighted by Gasteiger charge is -2.41. The highest BCUT2D eigenvalue weighted by Crippen LogP contribution is 2.51. The van der Waals surface area contributed by atoms with Gasteiger partial charge in [-0.15, -0.1) is 0 Å². The number of nitrogens with zero attached hydrogens (tertiary/aromatic N) is 2. The molecule has 1 atom stereocenters. The molecule has 0 saturated heterocycles. The molecule has 2 rings (SSSR count). The summed E-state index contributed by atoms with van der Waals surface area (Å²) in [5, 5.41) is 14.2. The van der Waals surface area contributed by atoms with Crippen molar-refractivity contribution in [3.63, 3.8) is 0 Å². The Labute approximate surface area is 173 Å². The van der Waals surface area contributed by atoms with E-state index >= 15 is 0 Å². The highest BCUT2D eigenvalue weighted by molar-refractivity contribution is 5.96. The van der Waals surface area contributed by atoms with E-state index in [9.17, 15) is 40.6 Å². The molecular weight excluding hydrogens is 437 g/mol. The predicted octanol–water partition coefficient (Wildman–Crippen LogP) is 4.39. The van der Waals surface area contributed by atoms with Crippen LogP contribution in [0.5, 0.6) is 5.75 Å². The zero-order valence-corrected chi connectivity index (χ0v) is 17.0. The lowest BCUT2D eigenvalue weighted by molar-refractivity contribution is -0.336. The fourth-order valence-electron chi connectivity index (χ4n) is 2.92. The van der Waals surface area contributed by atoms with E-state index in [0.717, 1.165) is 0 Å². The van der Waals surface area contributed by atoms with Gasteiger partial charge < -0.3 is 9.84 Å². The number of hydrogen-bond donors (Lipinski definition) is 1. The maximum absolute atomic E-state index is 14.2. The van der Waals surface area contributed by atoms with Gasteiger partial charge in [-0.2, -0.15) is 35.8 Å². The number of amides is 1. The molecule has 5 nitrogen and oxygen atoms in total. The summed E-state index contributed by atoms with van der Waals surface area (Å²) in [6.07, 6.45) is -8.44. The van der Waals surface area contributed by atoms with E-state index in [1.54, 1.807) is 0 Å². The van der Waals surface area contributed by atoms with Gasteiger partial charge in [0, 0.05) is 11.8 Å². The van der Waals surface area contributed by atoms with Gasteiger partial charge in [-0.25, -0.2) is 5.01 Å². The van der Waals surface area contributed by atoms with Crippen molar-refractivity contribution in [3.8, 4) is 5.75 Å². The fraction of sp³-hybridized carbons (Fsp3) is 0.579. The number of aliphatic hydroxyl groups is 1. The first-order chi connectivity index (χ1) is 13.9. The Morgan fingerprint density at radius 2 is 1.61 bits per heavy atom. The molecule has 1 heterocycles. The number of rotatable bonds is 5. The van der Waals surface area contributed by atoms with Gasteiger partial charge in [0.2, 0.25) is 5.91 Å². The topological polar surface area (TPSA) is 62.1 Å². The summed E-state index contributed by atoms with van der Waals surface area (Å²) in [7, 11) is 1.40. The molecule has 1 amide bonds. The maximum Gasteiger partial charge on any atom is 0.460 e. The number of alkyl halides is 7. The van der Waals surface area contributed by atoms with Crippen LogP contribution in [0.2, 0.25) is 0 Å². The third kappa shape index (κ3) is 4.21. The molecule has 1 aromatic rings. The molecule has 0 spiro atoms. The molecule has 31 heavy (non-hydrogen) atoms. The largest absolute Gasteiger partial charge is 0.497 e. The van der Waals surface area contributed by atoms with E-state index in [1.807, 2.05) is 0 Å². The number of hydrogen-bond acceptors (Lipinski definition) is 4. The van der Waals surface area contributed by atoms with Crippen molar-refractivity contribution in [3.05, 3.63) is 29.8 Å². The Kier molecular flexibility index (Phi) is 6.14. The number of ether oxygens (including phenoxy) is 1. The highest BCUT2D eigenvalue weighted by Gasteiger charge is 2.76. The van der Waals surface area contributed by atoms with Crippen molar-refractivity contribution in [1.29, 1.82) is 0 Å². The van der Waals surface area contributed by atoms with Gasteiger partial charge in [0.15, 0.2) is 5.72 Å². The summed E-state index contributed by atoms with van der Waals surface area (Å²) in [6.45, 7) is 3.91. The van der Waals surface area contributed by atoms with Crippen LogP contribution >= 0.6 is 0 Å². The molecule has 0 aliphatic carbocycles. The maximum atomic E-state index is 14.2. The number of carbonyl (C=O) groups is 1. The molecule has 12 heteroatoms. The van der Waals surface area contributed by atoms with Crippen LogP contribution in [0.15, 0.2) is 29.4 Å². The van der Waals surface area contributed by atoms with Gasteiger partial charge in [0.25, 0.3) is 0 Å². The number of benzene rings is 1. The third-order valence-electron chi connectivity index (χ3n) is 5.05. The van der Waals surface area contributed by atoms with Gasteiger partial charge in [0.05, 0.1) is 13.5 Å². The number of halogens is 7. The van der Waals surface area contributed by atoms with Crippen molar-refractivity contribution in [2.45, 2.75) is 57.4 Å². The second-order valence-electron chi connectivity index (χ2n) is 8.17. The van der Waals surface area contributed by atoms with E-state index in [0.29, 0.717) is 11.3 Å². The molecule has 0 bridgehead atoms. The molecular formula is C19H21F7N2O3. The predicted molar refractivity (Wildman–Crippen MR) is 95.9 cm³/mol. The summed E-state index contributed by atoms with van der Waals surface area (Å²) in [6, 6.07) is 5.91. The second kappa shape index (κ2) is 7.64. The zero-order valence-electron chi connectivity index (χ0n) is 17.0. The van der Waals surface area contributed by atoms with Crippen molar-refractivity contribution in [2.75, 3.05) is 7.11 Å². The molecule has 0 aromatic heterocycles. The van der Waals surface area contributed by atoms with Crippen LogP contribution in [0, 0.1) is 5.41 Å². The molecule has 0 radical (unpaired) electrons. The number of carbonyl (C=O) groups excluding carboxylic acids is 1. The van der Waals surface area contributed by atoms with E-state index in [4.69, 9.17) is 4.74 Å². The first-order valence-electron chi connectivity index (χ1n) is 8.97. The Balaban J connectivity index is 2.46. The summed E-state index contributed by atoms with van der Waals surface area (Å²) in [4.78, 5) is 12.7. The van der Waals surface area contributed by atoms with Crippen molar-refractivity contribution >= 4 is 11.6 Å². The fourth-order valence-corrected chi connectivity index (χ4v) is 2.92. The SMILES string of the molecule is COc1ccc(CC(=O)N2N=C(C(F)(F)C(F)(F)C(F)(F)F)C[C@@]2(O)C(C)(C)C)cc1. The summed E-state index contributed by atoms with van der Waals surface area (Å²) in [5.41, 5.74) is -5.57. The first-order valence-corrected chi connectivity index (χ1v) is 8.97. The molecule has 0 saturated carbocycles. The van der Waals surface area contributed by atoms with Crippen LogP contribution < -0.4 is 4.74 Å². The lowest BCUT2D eigenvalue weighted by Crippen LogP contribution is -2.58. The number of methoxy groups -OCH3 is 1. The van der Waals surface area contributed by atoms with Gasteiger partial charge in [0.1, 0.15) is 11.5 Å². The molecule has 174 valence electrons. The van der Waals surface area contributed by atoms with E-state index in [2.05, 4.69) is 5.10 Å². The number of hydrazone groups is 1. The third-order valence-corrected chi connectivity index (χ3v) is 5.05. The Hall–Kier alpha value is -2.37. The summed E-state index contributed by atoms with van der Waals surface area (Å²) < 4.78 is 98.1. The minimum atomic E-state index is -6.57. The van der Waals surface area contributed by atoms with E-state index in [1.165, 1.54) is 52.1 Å². The van der Waals surface area contributed by atoms with E-state index in [-0.39, 0.29) is 5.01 Å². The van der Waals surface area contributed by atoms with Gasteiger partial charge in [-0.3, -0.25) is 4.79 Å². The summed E-state index contributed by atoms with van der Waals surface area (Å²) >= 11 is 0. The lowest BCUT2D eigenvalue weighted by atomic mass is 9.79.